The van der Waals surface area contributed by atoms with Gasteiger partial charge in [-0.3, -0.25) is 0 Å². The fourth-order valence-electron chi connectivity index (χ4n) is 1.94. The van der Waals surface area contributed by atoms with Crippen molar-refractivity contribution in [2.24, 2.45) is 5.92 Å². The zero-order chi connectivity index (χ0) is 11.7. The van der Waals surface area contributed by atoms with Crippen LogP contribution in [0, 0.1) is 5.92 Å². The Morgan fingerprint density at radius 2 is 1.60 bits per heavy atom. The van der Waals surface area contributed by atoms with Gasteiger partial charge in [-0.15, -0.1) is 0 Å². The Kier molecular flexibility index (Phi) is 8.64. The van der Waals surface area contributed by atoms with Crippen molar-refractivity contribution in [2.45, 2.75) is 58.1 Å². The second-order valence-corrected chi connectivity index (χ2v) is 5.68. The first kappa shape index (κ1) is 15.3. The summed E-state index contributed by atoms with van der Waals surface area (Å²) >= 11 is 2.02. The fourth-order valence-corrected chi connectivity index (χ4v) is 2.77. The summed E-state index contributed by atoms with van der Waals surface area (Å²) in [6.45, 7) is 11.5. The molecule has 0 amide bonds. The normalized spacial score (nSPS) is 12.4. The number of rotatable bonds is 9. The summed E-state index contributed by atoms with van der Waals surface area (Å²) in [5.74, 6) is 0.860. The molecule has 0 rings (SSSR count). The van der Waals surface area contributed by atoms with Crippen molar-refractivity contribution in [3.8, 4) is 0 Å². The average Bonchev–Trinajstić information content (AvgIpc) is 2.31. The van der Waals surface area contributed by atoms with E-state index in [0.717, 1.165) is 12.5 Å². The van der Waals surface area contributed by atoms with Gasteiger partial charge in [0, 0.05) is 11.3 Å². The fraction of sp³-hybridized carbons (Fsp3) is 1.00. The number of hydrogen-bond donors (Lipinski definition) is 1. The molecule has 0 aromatic heterocycles. The number of hydrogen-bond acceptors (Lipinski definition) is 2. The molecule has 0 aromatic carbocycles. The standard InChI is InChI=1S/C13H29NS/c1-6-12(7-2)10-14-11-13(8-3,9-4)15-5/h12,14H,6-11H2,1-5H3. The molecule has 0 fully saturated rings. The molecular formula is C13H29NS. The topological polar surface area (TPSA) is 12.0 Å². The Hall–Kier alpha value is 0.310. The van der Waals surface area contributed by atoms with Gasteiger partial charge < -0.3 is 5.32 Å². The molecule has 0 aromatic rings. The lowest BCUT2D eigenvalue weighted by Gasteiger charge is -2.30. The average molecular weight is 231 g/mol. The van der Waals surface area contributed by atoms with E-state index < -0.39 is 0 Å². The van der Waals surface area contributed by atoms with Crippen LogP contribution in [-0.2, 0) is 0 Å². The molecule has 0 aliphatic carbocycles. The molecule has 92 valence electrons. The summed E-state index contributed by atoms with van der Waals surface area (Å²) in [4.78, 5) is 0. The van der Waals surface area contributed by atoms with Crippen LogP contribution in [0.25, 0.3) is 0 Å². The zero-order valence-electron chi connectivity index (χ0n) is 11.2. The van der Waals surface area contributed by atoms with Gasteiger partial charge in [-0.25, -0.2) is 0 Å². The molecular weight excluding hydrogens is 202 g/mol. The van der Waals surface area contributed by atoms with Crippen molar-refractivity contribution in [3.05, 3.63) is 0 Å². The summed E-state index contributed by atoms with van der Waals surface area (Å²) in [6, 6.07) is 0. The monoisotopic (exact) mass is 231 g/mol. The second-order valence-electron chi connectivity index (χ2n) is 4.41. The number of nitrogens with one attached hydrogen (secondary N) is 1. The van der Waals surface area contributed by atoms with E-state index in [1.807, 2.05) is 11.8 Å². The Bertz CT molecular complexity index is 131. The number of thioether (sulfide) groups is 1. The molecule has 2 heteroatoms. The zero-order valence-corrected chi connectivity index (χ0v) is 12.0. The van der Waals surface area contributed by atoms with E-state index >= 15 is 0 Å². The van der Waals surface area contributed by atoms with Gasteiger partial charge in [-0.1, -0.05) is 40.5 Å². The van der Waals surface area contributed by atoms with Gasteiger partial charge in [0.25, 0.3) is 0 Å². The van der Waals surface area contributed by atoms with Gasteiger partial charge >= 0.3 is 0 Å². The van der Waals surface area contributed by atoms with Crippen LogP contribution in [0.3, 0.4) is 0 Å². The van der Waals surface area contributed by atoms with Crippen LogP contribution in [0.4, 0.5) is 0 Å². The van der Waals surface area contributed by atoms with Crippen LogP contribution in [0.2, 0.25) is 0 Å². The molecule has 0 heterocycles. The maximum Gasteiger partial charge on any atom is 0.0276 e. The molecule has 1 N–H and O–H groups in total. The van der Waals surface area contributed by atoms with E-state index in [1.54, 1.807) is 0 Å². The molecule has 0 radical (unpaired) electrons. The van der Waals surface area contributed by atoms with Gasteiger partial charge in [0.1, 0.15) is 0 Å². The molecule has 0 bridgehead atoms. The van der Waals surface area contributed by atoms with Crippen molar-refractivity contribution >= 4 is 11.8 Å². The van der Waals surface area contributed by atoms with Crippen LogP contribution in [0.1, 0.15) is 53.4 Å². The Morgan fingerprint density at radius 1 is 1.07 bits per heavy atom. The summed E-state index contributed by atoms with van der Waals surface area (Å²) in [5.41, 5.74) is 0. The van der Waals surface area contributed by atoms with E-state index in [0.29, 0.717) is 4.75 Å². The minimum atomic E-state index is 0.464. The van der Waals surface area contributed by atoms with Crippen molar-refractivity contribution in [3.63, 3.8) is 0 Å². The van der Waals surface area contributed by atoms with E-state index in [9.17, 15) is 0 Å². The molecule has 0 aliphatic heterocycles. The minimum absolute atomic E-state index is 0.464. The molecule has 0 unspecified atom stereocenters. The van der Waals surface area contributed by atoms with Crippen molar-refractivity contribution < 1.29 is 0 Å². The largest absolute Gasteiger partial charge is 0.315 e. The minimum Gasteiger partial charge on any atom is -0.315 e. The van der Waals surface area contributed by atoms with Crippen molar-refractivity contribution in [2.75, 3.05) is 19.3 Å². The molecule has 0 atom stereocenters. The molecule has 0 spiro atoms. The second kappa shape index (κ2) is 8.46. The summed E-state index contributed by atoms with van der Waals surface area (Å²) < 4.78 is 0.464. The van der Waals surface area contributed by atoms with E-state index in [-0.39, 0.29) is 0 Å². The van der Waals surface area contributed by atoms with Crippen LogP contribution in [0.5, 0.6) is 0 Å². The summed E-state index contributed by atoms with van der Waals surface area (Å²) in [6.07, 6.45) is 7.37. The molecule has 0 saturated carbocycles. The lowest BCUT2D eigenvalue weighted by atomic mass is 10.0. The van der Waals surface area contributed by atoms with E-state index in [2.05, 4.69) is 39.3 Å². The smallest absolute Gasteiger partial charge is 0.0276 e. The third kappa shape index (κ3) is 5.26. The predicted molar refractivity (Wildman–Crippen MR) is 73.8 cm³/mol. The lowest BCUT2D eigenvalue weighted by Crippen LogP contribution is -2.38. The van der Waals surface area contributed by atoms with Crippen molar-refractivity contribution in [1.82, 2.24) is 5.32 Å². The molecule has 0 aliphatic rings. The first-order valence-corrected chi connectivity index (χ1v) is 7.66. The summed E-state index contributed by atoms with van der Waals surface area (Å²) in [5, 5.41) is 3.66. The lowest BCUT2D eigenvalue weighted by molar-refractivity contribution is 0.417. The Morgan fingerprint density at radius 3 is 1.93 bits per heavy atom. The van der Waals surface area contributed by atoms with Crippen LogP contribution in [-0.4, -0.2) is 24.1 Å². The predicted octanol–water partition coefficient (Wildman–Crippen LogP) is 3.93. The highest BCUT2D eigenvalue weighted by atomic mass is 32.2. The van der Waals surface area contributed by atoms with E-state index in [1.165, 1.54) is 32.2 Å². The maximum atomic E-state index is 3.66. The first-order chi connectivity index (χ1) is 7.17. The van der Waals surface area contributed by atoms with Gasteiger partial charge in [0.2, 0.25) is 0 Å². The Labute approximate surface area is 101 Å². The van der Waals surface area contributed by atoms with Crippen LogP contribution in [0.15, 0.2) is 0 Å². The van der Waals surface area contributed by atoms with Gasteiger partial charge in [0.05, 0.1) is 0 Å². The van der Waals surface area contributed by atoms with Gasteiger partial charge in [0.15, 0.2) is 0 Å². The van der Waals surface area contributed by atoms with Crippen LogP contribution < -0.4 is 5.32 Å². The van der Waals surface area contributed by atoms with Gasteiger partial charge in [-0.05, 0) is 31.6 Å². The quantitative estimate of drug-likeness (QED) is 0.645. The molecule has 1 nitrogen and oxygen atoms in total. The van der Waals surface area contributed by atoms with Gasteiger partial charge in [-0.2, -0.15) is 11.8 Å². The molecule has 0 saturated heterocycles. The first-order valence-electron chi connectivity index (χ1n) is 6.43. The van der Waals surface area contributed by atoms with Crippen molar-refractivity contribution in [1.29, 1.82) is 0 Å². The highest BCUT2D eigenvalue weighted by Crippen LogP contribution is 2.29. The Balaban J connectivity index is 3.89. The van der Waals surface area contributed by atoms with Crippen LogP contribution >= 0.6 is 11.8 Å². The SMILES string of the molecule is CCC(CC)CNCC(CC)(CC)SC. The highest BCUT2D eigenvalue weighted by molar-refractivity contribution is 8.00. The third-order valence-corrected chi connectivity index (χ3v) is 5.34. The highest BCUT2D eigenvalue weighted by Gasteiger charge is 2.24. The summed E-state index contributed by atoms with van der Waals surface area (Å²) in [7, 11) is 0. The van der Waals surface area contributed by atoms with E-state index in [4.69, 9.17) is 0 Å². The maximum absolute atomic E-state index is 3.66. The molecule has 15 heavy (non-hydrogen) atoms. The third-order valence-electron chi connectivity index (χ3n) is 3.76.